The monoisotopic (exact) mass is 372 g/mol. The molecular formula is C18H20N4O3S. The van der Waals surface area contributed by atoms with Gasteiger partial charge in [0.2, 0.25) is 9.84 Å². The van der Waals surface area contributed by atoms with Crippen molar-refractivity contribution < 1.29 is 13.2 Å². The summed E-state index contributed by atoms with van der Waals surface area (Å²) in [4.78, 5) is 10.1. The number of hydrogen-bond acceptors (Lipinski definition) is 6. The maximum absolute atomic E-state index is 13.3. The average molecular weight is 372 g/mol. The van der Waals surface area contributed by atoms with Gasteiger partial charge in [-0.15, -0.1) is 0 Å². The SMILES string of the molecule is COc1ccccc1S(=O)(=O)c1ccnc2c(N3CCNCC3)c[nH]c12. The molecule has 0 aliphatic carbocycles. The van der Waals surface area contributed by atoms with Gasteiger partial charge < -0.3 is 19.9 Å². The second-order valence-corrected chi connectivity index (χ2v) is 7.98. The molecule has 0 radical (unpaired) electrons. The predicted molar refractivity (Wildman–Crippen MR) is 99.6 cm³/mol. The summed E-state index contributed by atoms with van der Waals surface area (Å²) in [6.45, 7) is 3.51. The third-order valence-corrected chi connectivity index (χ3v) is 6.45. The van der Waals surface area contributed by atoms with Crippen LogP contribution in [0.5, 0.6) is 5.75 Å². The highest BCUT2D eigenvalue weighted by Gasteiger charge is 2.26. The maximum atomic E-state index is 13.3. The second kappa shape index (κ2) is 6.62. The summed E-state index contributed by atoms with van der Waals surface area (Å²) in [5.74, 6) is 0.325. The molecule has 0 amide bonds. The largest absolute Gasteiger partial charge is 0.495 e. The Morgan fingerprint density at radius 1 is 1.12 bits per heavy atom. The summed E-state index contributed by atoms with van der Waals surface area (Å²) in [5.41, 5.74) is 2.12. The summed E-state index contributed by atoms with van der Waals surface area (Å²) in [6, 6.07) is 8.17. The van der Waals surface area contributed by atoms with Gasteiger partial charge in [-0.2, -0.15) is 0 Å². The van der Waals surface area contributed by atoms with Crippen LogP contribution in [0.3, 0.4) is 0 Å². The molecule has 1 saturated heterocycles. The maximum Gasteiger partial charge on any atom is 0.212 e. The topological polar surface area (TPSA) is 87.3 Å². The van der Waals surface area contributed by atoms with E-state index < -0.39 is 9.84 Å². The molecule has 1 aliphatic heterocycles. The van der Waals surface area contributed by atoms with Crippen molar-refractivity contribution in [1.82, 2.24) is 15.3 Å². The van der Waals surface area contributed by atoms with E-state index >= 15 is 0 Å². The molecule has 0 spiro atoms. The van der Waals surface area contributed by atoms with Crippen LogP contribution in [-0.2, 0) is 9.84 Å². The average Bonchev–Trinajstić information content (AvgIpc) is 3.12. The fourth-order valence-corrected chi connectivity index (χ4v) is 4.89. The molecule has 1 fully saturated rings. The van der Waals surface area contributed by atoms with Crippen molar-refractivity contribution in [2.75, 3.05) is 38.2 Å². The first-order valence-electron chi connectivity index (χ1n) is 8.43. The van der Waals surface area contributed by atoms with Crippen LogP contribution in [0, 0.1) is 0 Å². The van der Waals surface area contributed by atoms with Crippen molar-refractivity contribution >= 4 is 26.6 Å². The van der Waals surface area contributed by atoms with Gasteiger partial charge in [0.15, 0.2) is 0 Å². The normalized spacial score (nSPS) is 15.3. The summed E-state index contributed by atoms with van der Waals surface area (Å²) in [7, 11) is -2.29. The van der Waals surface area contributed by atoms with Gasteiger partial charge in [-0.25, -0.2) is 8.42 Å². The Bertz CT molecular complexity index is 1040. The number of benzene rings is 1. The summed E-state index contributed by atoms with van der Waals surface area (Å²) < 4.78 is 31.8. The van der Waals surface area contributed by atoms with Crippen molar-refractivity contribution in [3.8, 4) is 5.75 Å². The van der Waals surface area contributed by atoms with Crippen molar-refractivity contribution in [3.05, 3.63) is 42.7 Å². The van der Waals surface area contributed by atoms with Gasteiger partial charge in [0.25, 0.3) is 0 Å². The number of H-pyrrole nitrogens is 1. The van der Waals surface area contributed by atoms with Crippen molar-refractivity contribution in [2.24, 2.45) is 0 Å². The molecule has 0 unspecified atom stereocenters. The number of hydrogen-bond donors (Lipinski definition) is 2. The fraction of sp³-hybridized carbons (Fsp3) is 0.278. The Balaban J connectivity index is 1.86. The number of rotatable bonds is 4. The highest BCUT2D eigenvalue weighted by atomic mass is 32.2. The van der Waals surface area contributed by atoms with Crippen molar-refractivity contribution in [3.63, 3.8) is 0 Å². The van der Waals surface area contributed by atoms with E-state index in [1.54, 1.807) is 30.5 Å². The number of aromatic nitrogens is 2. The number of piperazine rings is 1. The quantitative estimate of drug-likeness (QED) is 0.726. The Morgan fingerprint density at radius 2 is 1.88 bits per heavy atom. The lowest BCUT2D eigenvalue weighted by molar-refractivity contribution is 0.403. The molecule has 4 rings (SSSR count). The molecule has 0 saturated carbocycles. The molecule has 3 heterocycles. The number of nitrogens with zero attached hydrogens (tertiary/aromatic N) is 2. The third-order valence-electron chi connectivity index (χ3n) is 4.61. The lowest BCUT2D eigenvalue weighted by Gasteiger charge is -2.28. The molecule has 2 N–H and O–H groups in total. The van der Waals surface area contributed by atoms with Gasteiger partial charge in [0, 0.05) is 38.6 Å². The van der Waals surface area contributed by atoms with Gasteiger partial charge in [0.05, 0.1) is 23.2 Å². The van der Waals surface area contributed by atoms with Crippen molar-refractivity contribution in [2.45, 2.75) is 9.79 Å². The highest BCUT2D eigenvalue weighted by Crippen LogP contribution is 2.34. The Hall–Kier alpha value is -2.58. The molecule has 2 aromatic heterocycles. The third kappa shape index (κ3) is 2.71. The molecule has 0 atom stereocenters. The molecule has 1 aromatic carbocycles. The van der Waals surface area contributed by atoms with Crippen LogP contribution in [0.25, 0.3) is 11.0 Å². The molecular weight excluding hydrogens is 352 g/mol. The van der Waals surface area contributed by atoms with Crippen LogP contribution in [0.2, 0.25) is 0 Å². The Kier molecular flexibility index (Phi) is 4.29. The minimum atomic E-state index is -3.75. The van der Waals surface area contributed by atoms with Crippen LogP contribution < -0.4 is 15.0 Å². The predicted octanol–water partition coefficient (Wildman–Crippen LogP) is 1.81. The first kappa shape index (κ1) is 16.9. The molecule has 26 heavy (non-hydrogen) atoms. The van der Waals surface area contributed by atoms with E-state index in [1.165, 1.54) is 13.2 Å². The zero-order valence-electron chi connectivity index (χ0n) is 14.4. The summed E-state index contributed by atoms with van der Waals surface area (Å²) >= 11 is 0. The zero-order chi connectivity index (χ0) is 18.1. The molecule has 7 nitrogen and oxygen atoms in total. The van der Waals surface area contributed by atoms with E-state index in [-0.39, 0.29) is 9.79 Å². The number of aromatic amines is 1. The van der Waals surface area contributed by atoms with Crippen LogP contribution in [0.4, 0.5) is 5.69 Å². The number of pyridine rings is 1. The summed E-state index contributed by atoms with van der Waals surface area (Å²) in [6.07, 6.45) is 3.38. The first-order valence-corrected chi connectivity index (χ1v) is 9.91. The minimum Gasteiger partial charge on any atom is -0.495 e. The smallest absolute Gasteiger partial charge is 0.212 e. The van der Waals surface area contributed by atoms with Crippen molar-refractivity contribution in [1.29, 1.82) is 0 Å². The molecule has 8 heteroatoms. The fourth-order valence-electron chi connectivity index (χ4n) is 3.32. The van der Waals surface area contributed by atoms with Crippen LogP contribution in [-0.4, -0.2) is 51.7 Å². The standard InChI is InChI=1S/C18H20N4O3S/c1-25-14-4-2-3-5-15(14)26(23,24)16-6-7-20-17-13(12-21-18(16)17)22-10-8-19-9-11-22/h2-7,12,19,21H,8-11H2,1H3. The second-order valence-electron chi connectivity index (χ2n) is 6.10. The zero-order valence-corrected chi connectivity index (χ0v) is 15.2. The number of methoxy groups -OCH3 is 1. The van der Waals surface area contributed by atoms with Gasteiger partial charge in [0.1, 0.15) is 16.2 Å². The van der Waals surface area contributed by atoms with E-state index in [4.69, 9.17) is 4.74 Å². The van der Waals surface area contributed by atoms with Gasteiger partial charge in [-0.1, -0.05) is 12.1 Å². The van der Waals surface area contributed by atoms with E-state index in [2.05, 4.69) is 20.2 Å². The lowest BCUT2D eigenvalue weighted by atomic mass is 10.3. The first-order chi connectivity index (χ1) is 12.6. The number of sulfone groups is 1. The number of fused-ring (bicyclic) bond motifs is 1. The van der Waals surface area contributed by atoms with Gasteiger partial charge in [-0.3, -0.25) is 4.98 Å². The number of nitrogens with one attached hydrogen (secondary N) is 2. The summed E-state index contributed by atoms with van der Waals surface area (Å²) in [5, 5.41) is 3.31. The Morgan fingerprint density at radius 3 is 2.65 bits per heavy atom. The number of ether oxygens (including phenoxy) is 1. The van der Waals surface area contributed by atoms with E-state index in [1.807, 2.05) is 6.20 Å². The molecule has 3 aromatic rings. The van der Waals surface area contributed by atoms with Gasteiger partial charge >= 0.3 is 0 Å². The van der Waals surface area contributed by atoms with Crippen LogP contribution in [0.15, 0.2) is 52.5 Å². The minimum absolute atomic E-state index is 0.147. The van der Waals surface area contributed by atoms with E-state index in [0.29, 0.717) is 16.8 Å². The highest BCUT2D eigenvalue weighted by molar-refractivity contribution is 7.91. The Labute approximate surface area is 151 Å². The van der Waals surface area contributed by atoms with Gasteiger partial charge in [-0.05, 0) is 18.2 Å². The number of para-hydroxylation sites is 1. The van der Waals surface area contributed by atoms with E-state index in [9.17, 15) is 8.42 Å². The molecule has 136 valence electrons. The molecule has 0 bridgehead atoms. The van der Waals surface area contributed by atoms with E-state index in [0.717, 1.165) is 31.9 Å². The molecule has 1 aliphatic rings. The lowest BCUT2D eigenvalue weighted by Crippen LogP contribution is -2.43. The van der Waals surface area contributed by atoms with Crippen LogP contribution in [0.1, 0.15) is 0 Å². The number of anilines is 1. The van der Waals surface area contributed by atoms with Crippen LogP contribution >= 0.6 is 0 Å².